The molecule has 1 N–H and O–H groups in total. The van der Waals surface area contributed by atoms with Crippen molar-refractivity contribution in [1.82, 2.24) is 5.32 Å². The Bertz CT molecular complexity index is 131. The lowest BCUT2D eigenvalue weighted by molar-refractivity contribution is 0.606. The molecule has 0 aromatic heterocycles. The summed E-state index contributed by atoms with van der Waals surface area (Å²) in [5.74, 6) is 2.47. The first-order valence-electron chi connectivity index (χ1n) is 2.82. The van der Waals surface area contributed by atoms with Crippen LogP contribution in [-0.2, 0) is 0 Å². The molecule has 2 nitrogen and oxygen atoms in total. The van der Waals surface area contributed by atoms with Crippen LogP contribution in [0, 0.1) is 23.7 Å². The summed E-state index contributed by atoms with van der Waals surface area (Å²) in [6, 6.07) is 1.85. The summed E-state index contributed by atoms with van der Waals surface area (Å²) in [7, 11) is 0. The lowest BCUT2D eigenvalue weighted by Gasteiger charge is -2.07. The van der Waals surface area contributed by atoms with Gasteiger partial charge in [-0.25, -0.2) is 0 Å². The van der Waals surface area contributed by atoms with Crippen molar-refractivity contribution >= 4 is 0 Å². The van der Waals surface area contributed by atoms with Crippen molar-refractivity contribution in [2.75, 3.05) is 0 Å². The second-order valence-corrected chi connectivity index (χ2v) is 1.91. The Kier molecular flexibility index (Phi) is 3.51. The number of hydrogen-bond donors (Lipinski definition) is 1. The molecule has 2 atom stereocenters. The molecule has 0 aromatic carbocycles. The van der Waals surface area contributed by atoms with Crippen LogP contribution in [0.4, 0.5) is 0 Å². The van der Waals surface area contributed by atoms with Gasteiger partial charge in [0.1, 0.15) is 0 Å². The minimum Gasteiger partial charge on any atom is -0.289 e. The van der Waals surface area contributed by atoms with E-state index >= 15 is 0 Å². The van der Waals surface area contributed by atoms with Crippen LogP contribution in [0.2, 0.25) is 0 Å². The summed E-state index contributed by atoms with van der Waals surface area (Å²) in [6.07, 6.45) is 5.05. The molecule has 0 amide bonds. The van der Waals surface area contributed by atoms with Crippen LogP contribution in [0.25, 0.3) is 0 Å². The fourth-order valence-electron chi connectivity index (χ4n) is 0.460. The topological polar surface area (TPSA) is 35.8 Å². The van der Waals surface area contributed by atoms with Crippen molar-refractivity contribution in [3.05, 3.63) is 0 Å². The lowest BCUT2D eigenvalue weighted by atomic mass is 10.3. The zero-order chi connectivity index (χ0) is 7.28. The maximum Gasteiger partial charge on any atom is 0.0933 e. The molecule has 48 valence electrons. The third kappa shape index (κ3) is 3.58. The van der Waals surface area contributed by atoms with E-state index < -0.39 is 0 Å². The van der Waals surface area contributed by atoms with E-state index in [-0.39, 0.29) is 12.1 Å². The van der Waals surface area contributed by atoms with E-state index in [1.165, 1.54) is 0 Å². The van der Waals surface area contributed by atoms with Crippen LogP contribution in [0.5, 0.6) is 0 Å². The molecule has 0 aliphatic carbocycles. The monoisotopic (exact) mass is 122 g/mol. The number of nitrogens with one attached hydrogen (secondary N) is 1. The number of nitriles is 1. The summed E-state index contributed by atoms with van der Waals surface area (Å²) in [6.45, 7) is 3.61. The Hall–Kier alpha value is -0.990. The Labute approximate surface area is 55.9 Å². The smallest absolute Gasteiger partial charge is 0.0933 e. The SMILES string of the molecule is C#CC(C)NC(C)C#N. The average Bonchev–Trinajstić information content (AvgIpc) is 1.87. The lowest BCUT2D eigenvalue weighted by Crippen LogP contribution is -2.32. The van der Waals surface area contributed by atoms with Crippen LogP contribution in [-0.4, -0.2) is 12.1 Å². The molecular weight excluding hydrogens is 112 g/mol. The summed E-state index contributed by atoms with van der Waals surface area (Å²) >= 11 is 0. The molecule has 9 heavy (non-hydrogen) atoms. The van der Waals surface area contributed by atoms with E-state index in [0.29, 0.717) is 0 Å². The summed E-state index contributed by atoms with van der Waals surface area (Å²) in [5.41, 5.74) is 0. The molecule has 0 aliphatic heterocycles. The minimum absolute atomic E-state index is 0.0142. The predicted octanol–water partition coefficient (Wildman–Crippen LogP) is 0.510. The van der Waals surface area contributed by atoms with Crippen LogP contribution in [0.3, 0.4) is 0 Å². The maximum atomic E-state index is 8.30. The first-order valence-corrected chi connectivity index (χ1v) is 2.82. The van der Waals surface area contributed by atoms with Gasteiger partial charge in [-0.3, -0.25) is 5.32 Å². The van der Waals surface area contributed by atoms with Gasteiger partial charge in [-0.2, -0.15) is 5.26 Å². The normalized spacial score (nSPS) is 15.1. The van der Waals surface area contributed by atoms with Gasteiger partial charge in [0.15, 0.2) is 0 Å². The van der Waals surface area contributed by atoms with Crippen molar-refractivity contribution in [3.63, 3.8) is 0 Å². The Balaban J connectivity index is 3.53. The molecule has 0 aromatic rings. The molecule has 2 heteroatoms. The summed E-state index contributed by atoms with van der Waals surface area (Å²) < 4.78 is 0. The van der Waals surface area contributed by atoms with Gasteiger partial charge < -0.3 is 0 Å². The van der Waals surface area contributed by atoms with Crippen molar-refractivity contribution in [1.29, 1.82) is 5.26 Å². The molecule has 0 spiro atoms. The summed E-state index contributed by atoms with van der Waals surface area (Å²) in [5, 5.41) is 11.2. The molecule has 0 fully saturated rings. The highest BCUT2D eigenvalue weighted by atomic mass is 14.9. The molecule has 0 radical (unpaired) electrons. The first kappa shape index (κ1) is 8.01. The second-order valence-electron chi connectivity index (χ2n) is 1.91. The zero-order valence-electron chi connectivity index (χ0n) is 5.68. The average molecular weight is 122 g/mol. The van der Waals surface area contributed by atoms with Crippen LogP contribution < -0.4 is 5.32 Å². The Morgan fingerprint density at radius 3 is 2.33 bits per heavy atom. The summed E-state index contributed by atoms with van der Waals surface area (Å²) in [4.78, 5) is 0. The van der Waals surface area contributed by atoms with E-state index in [9.17, 15) is 0 Å². The maximum absolute atomic E-state index is 8.30. The molecule has 0 aliphatic rings. The number of nitrogens with zero attached hydrogens (tertiary/aromatic N) is 1. The molecule has 2 unspecified atom stereocenters. The van der Waals surface area contributed by atoms with Gasteiger partial charge in [0.2, 0.25) is 0 Å². The molecule has 0 saturated carbocycles. The number of terminal acetylenes is 1. The zero-order valence-corrected chi connectivity index (χ0v) is 5.68. The van der Waals surface area contributed by atoms with E-state index in [4.69, 9.17) is 11.7 Å². The van der Waals surface area contributed by atoms with E-state index in [2.05, 4.69) is 11.2 Å². The van der Waals surface area contributed by atoms with E-state index in [1.807, 2.05) is 13.0 Å². The molecule has 0 rings (SSSR count). The minimum atomic E-state index is -0.156. The van der Waals surface area contributed by atoms with Gasteiger partial charge in [-0.15, -0.1) is 6.42 Å². The highest BCUT2D eigenvalue weighted by molar-refractivity contribution is 4.99. The molecule has 0 saturated heterocycles. The third-order valence-electron chi connectivity index (χ3n) is 0.944. The van der Waals surface area contributed by atoms with Gasteiger partial charge in [-0.1, -0.05) is 5.92 Å². The van der Waals surface area contributed by atoms with Crippen molar-refractivity contribution in [2.45, 2.75) is 25.9 Å². The Morgan fingerprint density at radius 2 is 2.00 bits per heavy atom. The predicted molar refractivity (Wildman–Crippen MR) is 36.5 cm³/mol. The number of rotatable bonds is 2. The van der Waals surface area contributed by atoms with Gasteiger partial charge in [0, 0.05) is 0 Å². The molecule has 0 heterocycles. The largest absolute Gasteiger partial charge is 0.289 e. The van der Waals surface area contributed by atoms with Gasteiger partial charge >= 0.3 is 0 Å². The van der Waals surface area contributed by atoms with Crippen molar-refractivity contribution < 1.29 is 0 Å². The number of hydrogen-bond acceptors (Lipinski definition) is 2. The van der Waals surface area contributed by atoms with Crippen molar-refractivity contribution in [2.24, 2.45) is 0 Å². The first-order chi connectivity index (χ1) is 4.20. The van der Waals surface area contributed by atoms with Crippen LogP contribution in [0.15, 0.2) is 0 Å². The highest BCUT2D eigenvalue weighted by Gasteiger charge is 2.00. The standard InChI is InChI=1S/C7H10N2/c1-4-6(2)9-7(3)5-8/h1,6-7,9H,2-3H3. The quantitative estimate of drug-likeness (QED) is 0.542. The molecular formula is C7H10N2. The van der Waals surface area contributed by atoms with E-state index in [0.717, 1.165) is 0 Å². The fraction of sp³-hybridized carbons (Fsp3) is 0.571. The molecule has 0 bridgehead atoms. The van der Waals surface area contributed by atoms with Crippen LogP contribution in [0.1, 0.15) is 13.8 Å². The van der Waals surface area contributed by atoms with Gasteiger partial charge in [-0.05, 0) is 13.8 Å². The Morgan fingerprint density at radius 1 is 1.44 bits per heavy atom. The third-order valence-corrected chi connectivity index (χ3v) is 0.944. The van der Waals surface area contributed by atoms with Gasteiger partial charge in [0.05, 0.1) is 18.2 Å². The van der Waals surface area contributed by atoms with Gasteiger partial charge in [0.25, 0.3) is 0 Å². The fourth-order valence-corrected chi connectivity index (χ4v) is 0.460. The van der Waals surface area contributed by atoms with E-state index in [1.54, 1.807) is 6.92 Å². The van der Waals surface area contributed by atoms with Crippen LogP contribution >= 0.6 is 0 Å². The highest BCUT2D eigenvalue weighted by Crippen LogP contribution is 1.81. The van der Waals surface area contributed by atoms with Crippen molar-refractivity contribution in [3.8, 4) is 18.4 Å². The second kappa shape index (κ2) is 3.95.